The molecule has 0 bridgehead atoms. The molecule has 0 saturated carbocycles. The zero-order valence-corrected chi connectivity index (χ0v) is 14.1. The van der Waals surface area contributed by atoms with Crippen LogP contribution in [-0.4, -0.2) is 44.0 Å². The highest BCUT2D eigenvalue weighted by atomic mass is 19.4. The Morgan fingerprint density at radius 1 is 1.36 bits per heavy atom. The molecule has 0 unspecified atom stereocenters. The van der Waals surface area contributed by atoms with Gasteiger partial charge in [-0.1, -0.05) is 0 Å². The molecule has 8 heteroatoms. The van der Waals surface area contributed by atoms with Gasteiger partial charge in [0, 0.05) is 23.9 Å². The molecule has 2 rings (SSSR count). The predicted octanol–water partition coefficient (Wildman–Crippen LogP) is 2.04. The van der Waals surface area contributed by atoms with Crippen molar-refractivity contribution in [2.24, 2.45) is 5.92 Å². The number of halogens is 3. The minimum absolute atomic E-state index is 0.148. The van der Waals surface area contributed by atoms with Gasteiger partial charge in [-0.25, -0.2) is 0 Å². The molecule has 0 atom stereocenters. The normalized spacial score (nSPS) is 21.0. The lowest BCUT2D eigenvalue weighted by molar-refractivity contribution is -0.136. The molecule has 25 heavy (non-hydrogen) atoms. The first-order valence-corrected chi connectivity index (χ1v) is 8.25. The van der Waals surface area contributed by atoms with Gasteiger partial charge in [0.25, 0.3) is 5.91 Å². The molecule has 1 heterocycles. The molecule has 0 spiro atoms. The number of hydrogen-bond donors (Lipinski definition) is 4. The molecule has 4 N–H and O–H groups in total. The van der Waals surface area contributed by atoms with Gasteiger partial charge >= 0.3 is 6.18 Å². The molecule has 138 valence electrons. The van der Waals surface area contributed by atoms with E-state index >= 15 is 0 Å². The third kappa shape index (κ3) is 5.74. The number of alkyl halides is 3. The maximum atomic E-state index is 12.3. The maximum absolute atomic E-state index is 12.3. The van der Waals surface area contributed by atoms with Gasteiger partial charge in [0.15, 0.2) is 0 Å². The molecule has 1 fully saturated rings. The van der Waals surface area contributed by atoms with Crippen molar-refractivity contribution >= 4 is 11.6 Å². The lowest BCUT2D eigenvalue weighted by Crippen LogP contribution is -2.35. The van der Waals surface area contributed by atoms with Crippen molar-refractivity contribution in [3.8, 4) is 0 Å². The second-order valence-electron chi connectivity index (χ2n) is 6.24. The minimum Gasteiger partial charge on any atom is -0.390 e. The van der Waals surface area contributed by atoms with Crippen LogP contribution in [0.25, 0.3) is 0 Å². The average molecular weight is 356 g/mol. The van der Waals surface area contributed by atoms with E-state index in [1.807, 2.05) is 5.32 Å². The zero-order valence-electron chi connectivity index (χ0n) is 14.1. The molecular formula is C17H23F3N4O. The molecule has 0 radical (unpaired) electrons. The van der Waals surface area contributed by atoms with E-state index in [1.165, 1.54) is 12.2 Å². The van der Waals surface area contributed by atoms with E-state index in [-0.39, 0.29) is 11.3 Å². The monoisotopic (exact) mass is 356 g/mol. The van der Waals surface area contributed by atoms with Crippen LogP contribution in [0.2, 0.25) is 0 Å². The Kier molecular flexibility index (Phi) is 6.41. The third-order valence-corrected chi connectivity index (χ3v) is 4.32. The van der Waals surface area contributed by atoms with Gasteiger partial charge in [0.1, 0.15) is 6.54 Å². The van der Waals surface area contributed by atoms with E-state index in [4.69, 9.17) is 5.41 Å². The fourth-order valence-electron chi connectivity index (χ4n) is 2.85. The first kappa shape index (κ1) is 19.2. The van der Waals surface area contributed by atoms with Crippen molar-refractivity contribution in [3.05, 3.63) is 35.1 Å². The van der Waals surface area contributed by atoms with E-state index in [2.05, 4.69) is 10.6 Å². The standard InChI is InChI=1S/C17H23F3N4O/c1-11-13(16(25)24-10-17(18,19)20)2-3-15(21)14(11)9-23-8-12-4-6-22-7-5-12/h2-3,9,12,21-23H,4-8,10H2,1H3,(H,24,25)/b14-9-,21-15?. The van der Waals surface area contributed by atoms with Gasteiger partial charge in [-0.3, -0.25) is 4.79 Å². The van der Waals surface area contributed by atoms with Gasteiger partial charge in [-0.15, -0.1) is 0 Å². The smallest absolute Gasteiger partial charge is 0.390 e. The second kappa shape index (κ2) is 8.33. The minimum atomic E-state index is -4.45. The van der Waals surface area contributed by atoms with Crippen molar-refractivity contribution in [1.82, 2.24) is 16.0 Å². The second-order valence-corrected chi connectivity index (χ2v) is 6.24. The number of amides is 1. The summed E-state index contributed by atoms with van der Waals surface area (Å²) in [4.78, 5) is 12.0. The summed E-state index contributed by atoms with van der Waals surface area (Å²) in [5, 5.41) is 16.3. The van der Waals surface area contributed by atoms with E-state index in [1.54, 1.807) is 13.1 Å². The summed E-state index contributed by atoms with van der Waals surface area (Å²) < 4.78 is 36.8. The van der Waals surface area contributed by atoms with Crippen LogP contribution in [0.15, 0.2) is 35.1 Å². The molecule has 5 nitrogen and oxygen atoms in total. The molecule has 0 aromatic rings. The van der Waals surface area contributed by atoms with Gasteiger partial charge in [-0.05, 0) is 56.5 Å². The number of allylic oxidation sites excluding steroid dienone is 3. The summed E-state index contributed by atoms with van der Waals surface area (Å²) in [6, 6.07) is 0. The molecule has 0 aromatic heterocycles. The van der Waals surface area contributed by atoms with E-state index < -0.39 is 18.6 Å². The summed E-state index contributed by atoms with van der Waals surface area (Å²) in [5.74, 6) is -0.243. The fraction of sp³-hybridized carbons (Fsp3) is 0.529. The Labute approximate surface area is 144 Å². The van der Waals surface area contributed by atoms with Gasteiger partial charge in [0.2, 0.25) is 0 Å². The van der Waals surface area contributed by atoms with Crippen molar-refractivity contribution in [3.63, 3.8) is 0 Å². The van der Waals surface area contributed by atoms with Crippen LogP contribution in [-0.2, 0) is 4.79 Å². The van der Waals surface area contributed by atoms with E-state index in [9.17, 15) is 18.0 Å². The third-order valence-electron chi connectivity index (χ3n) is 4.32. The van der Waals surface area contributed by atoms with Crippen molar-refractivity contribution in [2.45, 2.75) is 25.9 Å². The van der Waals surface area contributed by atoms with Crippen LogP contribution in [0.4, 0.5) is 13.2 Å². The van der Waals surface area contributed by atoms with Crippen molar-refractivity contribution < 1.29 is 18.0 Å². The Morgan fingerprint density at radius 3 is 2.68 bits per heavy atom. The van der Waals surface area contributed by atoms with Crippen LogP contribution >= 0.6 is 0 Å². The number of carbonyl (C=O) groups excluding carboxylic acids is 1. The molecule has 0 aromatic carbocycles. The summed E-state index contributed by atoms with van der Waals surface area (Å²) in [5.41, 5.74) is 1.39. The number of hydrogen-bond acceptors (Lipinski definition) is 4. The molecule has 1 aliphatic carbocycles. The lowest BCUT2D eigenvalue weighted by atomic mass is 9.92. The summed E-state index contributed by atoms with van der Waals surface area (Å²) in [6.45, 7) is 3.01. The predicted molar refractivity (Wildman–Crippen MR) is 90.3 cm³/mol. The first-order chi connectivity index (χ1) is 11.8. The Hall–Kier alpha value is -2.09. The quantitative estimate of drug-likeness (QED) is 0.609. The summed E-state index contributed by atoms with van der Waals surface area (Å²) >= 11 is 0. The number of piperidine rings is 1. The number of rotatable bonds is 5. The SMILES string of the molecule is CC1=C(C(=O)NCC(F)(F)F)C=CC(=N)/C1=C\NCC1CCNCC1. The van der Waals surface area contributed by atoms with Gasteiger partial charge in [-0.2, -0.15) is 13.2 Å². The maximum Gasteiger partial charge on any atom is 0.405 e. The highest BCUT2D eigenvalue weighted by Crippen LogP contribution is 2.22. The topological polar surface area (TPSA) is 77.0 Å². The van der Waals surface area contributed by atoms with E-state index in [0.29, 0.717) is 17.1 Å². The van der Waals surface area contributed by atoms with Crippen LogP contribution in [0.3, 0.4) is 0 Å². The van der Waals surface area contributed by atoms with Gasteiger partial charge in [0.05, 0.1) is 5.71 Å². The highest BCUT2D eigenvalue weighted by Gasteiger charge is 2.29. The average Bonchev–Trinajstić information content (AvgIpc) is 2.56. The molecular weight excluding hydrogens is 333 g/mol. The van der Waals surface area contributed by atoms with Gasteiger partial charge < -0.3 is 21.4 Å². The van der Waals surface area contributed by atoms with Crippen LogP contribution in [0, 0.1) is 11.3 Å². The molecule has 1 aliphatic heterocycles. The lowest BCUT2D eigenvalue weighted by Gasteiger charge is -2.23. The first-order valence-electron chi connectivity index (χ1n) is 8.25. The Balaban J connectivity index is 2.02. The molecule has 1 amide bonds. The Morgan fingerprint density at radius 2 is 2.04 bits per heavy atom. The largest absolute Gasteiger partial charge is 0.405 e. The Bertz CT molecular complexity index is 614. The van der Waals surface area contributed by atoms with Crippen molar-refractivity contribution in [1.29, 1.82) is 5.41 Å². The number of carbonyl (C=O) groups is 1. The zero-order chi connectivity index (χ0) is 18.4. The van der Waals surface area contributed by atoms with Crippen LogP contribution in [0.5, 0.6) is 0 Å². The summed E-state index contributed by atoms with van der Waals surface area (Å²) in [6.07, 6.45) is 2.19. The molecule has 1 saturated heterocycles. The van der Waals surface area contributed by atoms with Crippen LogP contribution in [0.1, 0.15) is 19.8 Å². The molecule has 2 aliphatic rings. The highest BCUT2D eigenvalue weighted by molar-refractivity contribution is 6.14. The summed E-state index contributed by atoms with van der Waals surface area (Å²) in [7, 11) is 0. The fourth-order valence-corrected chi connectivity index (χ4v) is 2.85. The van der Waals surface area contributed by atoms with Crippen molar-refractivity contribution in [2.75, 3.05) is 26.2 Å². The van der Waals surface area contributed by atoms with Crippen LogP contribution < -0.4 is 16.0 Å². The number of nitrogens with one attached hydrogen (secondary N) is 4. The van der Waals surface area contributed by atoms with E-state index in [0.717, 1.165) is 32.5 Å².